The van der Waals surface area contributed by atoms with Crippen LogP contribution in [0, 0.1) is 5.92 Å². The molecule has 0 saturated carbocycles. The Morgan fingerprint density at radius 2 is 1.58 bits per heavy atom. The molecule has 2 aliphatic rings. The number of nitrogens with zero attached hydrogens (tertiary/aromatic N) is 3. The molecule has 0 bridgehead atoms. The molecule has 0 radical (unpaired) electrons. The number of benzene rings is 1. The molecule has 36 heavy (non-hydrogen) atoms. The van der Waals surface area contributed by atoms with Crippen LogP contribution >= 0.6 is 23.2 Å². The number of anilines is 1. The second-order valence-corrected chi connectivity index (χ2v) is 8.91. The number of alkyl halides is 9. The van der Waals surface area contributed by atoms with Crippen LogP contribution in [0.5, 0.6) is 0 Å². The number of fused-ring (bicyclic) bond motifs is 1. The number of hydrogen-bond acceptors (Lipinski definition) is 5. The summed E-state index contributed by atoms with van der Waals surface area (Å²) < 4.78 is 121. The predicted octanol–water partition coefficient (Wildman–Crippen LogP) is 6.88. The minimum Gasteiger partial charge on any atom is -0.370 e. The number of amidine groups is 1. The van der Waals surface area contributed by atoms with E-state index in [4.69, 9.17) is 23.2 Å². The lowest BCUT2D eigenvalue weighted by atomic mass is 10.0. The fourth-order valence-corrected chi connectivity index (χ4v) is 4.32. The molecule has 0 aromatic heterocycles. The van der Waals surface area contributed by atoms with Gasteiger partial charge in [0.15, 0.2) is 5.71 Å². The van der Waals surface area contributed by atoms with Crippen molar-refractivity contribution in [2.75, 3.05) is 11.6 Å². The summed E-state index contributed by atoms with van der Waals surface area (Å²) in [5.41, 5.74) is -1.96. The van der Waals surface area contributed by atoms with E-state index in [1.54, 1.807) is 6.92 Å². The summed E-state index contributed by atoms with van der Waals surface area (Å²) in [7, 11) is 0. The molecule has 2 heterocycles. The van der Waals surface area contributed by atoms with Crippen LogP contribution in [0.3, 0.4) is 0 Å². The average molecular weight is 570 g/mol. The Bertz CT molecular complexity index is 1080. The number of nitrogens with one attached hydrogen (secondary N) is 2. The van der Waals surface area contributed by atoms with Crippen LogP contribution in [-0.4, -0.2) is 36.6 Å². The van der Waals surface area contributed by atoms with Gasteiger partial charge in [-0.3, -0.25) is 5.01 Å². The van der Waals surface area contributed by atoms with Crippen LogP contribution in [0.15, 0.2) is 33.5 Å². The molecule has 0 spiro atoms. The van der Waals surface area contributed by atoms with Gasteiger partial charge in [-0.1, -0.05) is 43.5 Å². The summed E-state index contributed by atoms with van der Waals surface area (Å²) in [6, 6.07) is 0.995. The lowest BCUT2D eigenvalue weighted by Crippen LogP contribution is -2.43. The van der Waals surface area contributed by atoms with E-state index in [2.05, 4.69) is 20.7 Å². The zero-order valence-corrected chi connectivity index (χ0v) is 19.9. The van der Waals surface area contributed by atoms with E-state index >= 15 is 0 Å². The van der Waals surface area contributed by atoms with Gasteiger partial charge in [-0.05, 0) is 24.5 Å². The van der Waals surface area contributed by atoms with Gasteiger partial charge in [0.2, 0.25) is 5.84 Å². The smallest absolute Gasteiger partial charge is 0.370 e. The van der Waals surface area contributed by atoms with Crippen LogP contribution in [0.1, 0.15) is 32.3 Å². The van der Waals surface area contributed by atoms with Crippen molar-refractivity contribution in [3.63, 3.8) is 0 Å². The molecule has 0 amide bonds. The highest BCUT2D eigenvalue weighted by Gasteiger charge is 2.52. The molecule has 0 saturated heterocycles. The first kappa shape index (κ1) is 28.4. The quantitative estimate of drug-likeness (QED) is 0.367. The highest BCUT2D eigenvalue weighted by Crippen LogP contribution is 2.44. The highest BCUT2D eigenvalue weighted by molar-refractivity contribution is 6.39. The summed E-state index contributed by atoms with van der Waals surface area (Å²) in [6.45, 7) is 3.72. The summed E-state index contributed by atoms with van der Waals surface area (Å²) in [6.07, 6.45) is -16.0. The molecule has 2 atom stereocenters. The number of halogens is 11. The van der Waals surface area contributed by atoms with Crippen molar-refractivity contribution in [2.45, 2.75) is 51.4 Å². The molecule has 16 heteroatoms. The zero-order chi connectivity index (χ0) is 27.2. The highest BCUT2D eigenvalue weighted by atomic mass is 35.5. The molecule has 2 aliphatic heterocycles. The van der Waals surface area contributed by atoms with Gasteiger partial charge in [0.05, 0.1) is 26.9 Å². The number of aliphatic imine (C=N–C) groups is 2. The van der Waals surface area contributed by atoms with Crippen molar-refractivity contribution in [3.8, 4) is 0 Å². The molecule has 0 fully saturated rings. The maximum atomic E-state index is 13.9. The number of hydrazine groups is 1. The molecule has 3 rings (SSSR count). The number of rotatable bonds is 6. The normalized spacial score (nSPS) is 19.8. The van der Waals surface area contributed by atoms with Crippen LogP contribution in [0.2, 0.25) is 10.0 Å². The fourth-order valence-electron chi connectivity index (χ4n) is 3.67. The minimum absolute atomic E-state index is 0.0639. The van der Waals surface area contributed by atoms with Gasteiger partial charge in [-0.2, -0.15) is 44.9 Å². The third kappa shape index (κ3) is 5.86. The van der Waals surface area contributed by atoms with Gasteiger partial charge in [-0.25, -0.2) is 9.98 Å². The van der Waals surface area contributed by atoms with E-state index < -0.39 is 68.9 Å². The summed E-state index contributed by atoms with van der Waals surface area (Å²) >= 11 is 12.1. The standard InChI is InChI=1S/C20H18Cl2F9N5/c1-3-4-8(2)7-32-16-12-14(19(26,27)28)33-17(20(29,30)31)34-15(12)35-36(16)13-10(21)5-9(6-11(13)22)18(23,24)25/h5-6,8,15,32,35H,3-4,7H2,1-2H3. The van der Waals surface area contributed by atoms with Crippen molar-refractivity contribution >= 4 is 40.4 Å². The fraction of sp³-hybridized carbons (Fsp3) is 0.500. The van der Waals surface area contributed by atoms with E-state index in [0.717, 1.165) is 11.4 Å². The monoisotopic (exact) mass is 569 g/mol. The summed E-state index contributed by atoms with van der Waals surface area (Å²) in [5.74, 6) is -2.56. The average Bonchev–Trinajstić information content (AvgIpc) is 3.07. The second kappa shape index (κ2) is 9.93. The molecule has 1 aromatic carbocycles. The van der Waals surface area contributed by atoms with Crippen LogP contribution < -0.4 is 15.8 Å². The van der Waals surface area contributed by atoms with E-state index in [-0.39, 0.29) is 12.5 Å². The Labute approximate surface area is 209 Å². The van der Waals surface area contributed by atoms with Crippen LogP contribution in [-0.2, 0) is 6.18 Å². The molecule has 200 valence electrons. The van der Waals surface area contributed by atoms with Crippen molar-refractivity contribution < 1.29 is 39.5 Å². The Hall–Kier alpha value is -2.19. The SMILES string of the molecule is CCCC(C)CNC1=C2C(C(F)(F)F)=NC(C(F)(F)F)=NC2NN1c1c(Cl)cc(C(F)(F)F)cc1Cl. The molecule has 0 aliphatic carbocycles. The molecule has 5 nitrogen and oxygen atoms in total. The Balaban J connectivity index is 2.20. The minimum atomic E-state index is -5.33. The predicted molar refractivity (Wildman–Crippen MR) is 117 cm³/mol. The molecule has 2 unspecified atom stereocenters. The zero-order valence-electron chi connectivity index (χ0n) is 18.4. The Morgan fingerprint density at radius 3 is 2.06 bits per heavy atom. The second-order valence-electron chi connectivity index (χ2n) is 8.10. The summed E-state index contributed by atoms with van der Waals surface area (Å²) in [5, 5.41) is 2.28. The van der Waals surface area contributed by atoms with E-state index in [0.29, 0.717) is 18.6 Å². The molecule has 1 aromatic rings. The maximum Gasteiger partial charge on any atom is 0.451 e. The first-order valence-electron chi connectivity index (χ1n) is 10.4. The van der Waals surface area contributed by atoms with Crippen molar-refractivity contribution in [1.82, 2.24) is 10.7 Å². The Kier molecular flexibility index (Phi) is 7.83. The van der Waals surface area contributed by atoms with Crippen molar-refractivity contribution in [3.05, 3.63) is 39.1 Å². The lowest BCUT2D eigenvalue weighted by Gasteiger charge is -2.27. The van der Waals surface area contributed by atoms with Crippen LogP contribution in [0.25, 0.3) is 0 Å². The van der Waals surface area contributed by atoms with Crippen LogP contribution in [0.4, 0.5) is 45.2 Å². The van der Waals surface area contributed by atoms with Gasteiger partial charge in [0, 0.05) is 6.54 Å². The van der Waals surface area contributed by atoms with Gasteiger partial charge in [-0.15, -0.1) is 0 Å². The topological polar surface area (TPSA) is 52.0 Å². The van der Waals surface area contributed by atoms with Gasteiger partial charge in [0.25, 0.3) is 0 Å². The first-order valence-corrected chi connectivity index (χ1v) is 11.1. The molecular formula is C20H18Cl2F9N5. The Morgan fingerprint density at radius 1 is 1.00 bits per heavy atom. The van der Waals surface area contributed by atoms with E-state index in [1.165, 1.54) is 0 Å². The van der Waals surface area contributed by atoms with E-state index in [9.17, 15) is 39.5 Å². The summed E-state index contributed by atoms with van der Waals surface area (Å²) in [4.78, 5) is 6.01. The number of hydrogen-bond donors (Lipinski definition) is 2. The first-order chi connectivity index (χ1) is 16.4. The molecular weight excluding hydrogens is 552 g/mol. The van der Waals surface area contributed by atoms with Gasteiger partial charge in [0.1, 0.15) is 12.0 Å². The third-order valence-corrected chi connectivity index (χ3v) is 5.79. The lowest BCUT2D eigenvalue weighted by molar-refractivity contribution is -0.137. The van der Waals surface area contributed by atoms with Gasteiger partial charge < -0.3 is 5.32 Å². The van der Waals surface area contributed by atoms with Crippen molar-refractivity contribution in [1.29, 1.82) is 0 Å². The maximum absolute atomic E-state index is 13.9. The van der Waals surface area contributed by atoms with Gasteiger partial charge >= 0.3 is 18.5 Å². The third-order valence-electron chi connectivity index (χ3n) is 5.22. The largest absolute Gasteiger partial charge is 0.451 e. The van der Waals surface area contributed by atoms with Crippen molar-refractivity contribution in [2.24, 2.45) is 15.9 Å². The van der Waals surface area contributed by atoms with E-state index in [1.807, 2.05) is 6.92 Å². The molecule has 2 N–H and O–H groups in total.